The Morgan fingerprint density at radius 2 is 1.62 bits per heavy atom. The molecule has 8 nitrogen and oxygen atoms in total. The number of hydrazine groups is 1. The molecule has 0 unspecified atom stereocenters. The summed E-state index contributed by atoms with van der Waals surface area (Å²) in [5, 5.41) is 0.839. The molecule has 0 radical (unpaired) electrons. The first-order chi connectivity index (χ1) is 15.3. The monoisotopic (exact) mass is 455 g/mol. The molecule has 1 aromatic heterocycles. The third kappa shape index (κ3) is 4.26. The van der Waals surface area contributed by atoms with Crippen LogP contribution in [0.3, 0.4) is 0 Å². The van der Waals surface area contributed by atoms with Crippen LogP contribution in [-0.2, 0) is 14.8 Å². The fourth-order valence-electron chi connectivity index (χ4n) is 3.89. The van der Waals surface area contributed by atoms with Crippen molar-refractivity contribution in [2.24, 2.45) is 5.92 Å². The lowest BCUT2D eigenvalue weighted by Crippen LogP contribution is -2.48. The van der Waals surface area contributed by atoms with Crippen LogP contribution in [0.15, 0.2) is 57.8 Å². The highest BCUT2D eigenvalue weighted by atomic mass is 32.2. The molecular formula is C23H25N3O5S. The van der Waals surface area contributed by atoms with Crippen molar-refractivity contribution in [3.05, 3.63) is 65.4 Å². The van der Waals surface area contributed by atoms with E-state index < -0.39 is 21.8 Å². The largest absolute Gasteiger partial charge is 0.451 e. The molecule has 168 valence electrons. The molecule has 4 rings (SSSR count). The molecule has 1 saturated heterocycles. The van der Waals surface area contributed by atoms with Gasteiger partial charge in [0.1, 0.15) is 5.58 Å². The molecule has 2 amide bonds. The number of nitrogens with one attached hydrogen (secondary N) is 2. The third-order valence-electron chi connectivity index (χ3n) is 5.83. The van der Waals surface area contributed by atoms with E-state index in [0.717, 1.165) is 10.9 Å². The average Bonchev–Trinajstić information content (AvgIpc) is 3.14. The zero-order valence-electron chi connectivity index (χ0n) is 17.9. The van der Waals surface area contributed by atoms with Gasteiger partial charge in [-0.15, -0.1) is 0 Å². The van der Waals surface area contributed by atoms with Crippen molar-refractivity contribution < 1.29 is 22.4 Å². The Labute approximate surface area is 186 Å². The molecule has 3 aromatic rings. The maximum absolute atomic E-state index is 12.8. The Kier molecular flexibility index (Phi) is 6.03. The molecule has 1 fully saturated rings. The highest BCUT2D eigenvalue weighted by Crippen LogP contribution is 2.25. The van der Waals surface area contributed by atoms with Gasteiger partial charge in [-0.3, -0.25) is 20.4 Å². The number of rotatable bonds is 4. The molecule has 2 N–H and O–H groups in total. The zero-order chi connectivity index (χ0) is 22.9. The minimum absolute atomic E-state index is 0.144. The Balaban J connectivity index is 1.33. The normalized spacial score (nSPS) is 15.6. The topological polar surface area (TPSA) is 109 Å². The number of aryl methyl sites for hydroxylation is 2. The van der Waals surface area contributed by atoms with Gasteiger partial charge in [0.25, 0.3) is 0 Å². The number of carbonyl (C=O) groups excluding carboxylic acids is 2. The molecule has 2 aromatic carbocycles. The first-order valence-corrected chi connectivity index (χ1v) is 11.9. The number of furan rings is 1. The third-order valence-corrected chi connectivity index (χ3v) is 7.75. The minimum atomic E-state index is -3.59. The van der Waals surface area contributed by atoms with Crippen LogP contribution >= 0.6 is 0 Å². The van der Waals surface area contributed by atoms with Gasteiger partial charge in [-0.2, -0.15) is 4.31 Å². The molecule has 0 atom stereocenters. The quantitative estimate of drug-likeness (QED) is 0.588. The van der Waals surface area contributed by atoms with Gasteiger partial charge in [0, 0.05) is 30.0 Å². The Morgan fingerprint density at radius 1 is 0.969 bits per heavy atom. The van der Waals surface area contributed by atoms with Crippen LogP contribution in [0.2, 0.25) is 0 Å². The number of amides is 2. The summed E-state index contributed by atoms with van der Waals surface area (Å²) in [6, 6.07) is 14.0. The van der Waals surface area contributed by atoms with E-state index in [2.05, 4.69) is 10.9 Å². The van der Waals surface area contributed by atoms with Crippen LogP contribution < -0.4 is 10.9 Å². The number of hydrogen-bond acceptors (Lipinski definition) is 5. The summed E-state index contributed by atoms with van der Waals surface area (Å²) in [6.45, 7) is 4.16. The Morgan fingerprint density at radius 3 is 2.28 bits per heavy atom. The van der Waals surface area contributed by atoms with Crippen molar-refractivity contribution in [3.8, 4) is 0 Å². The average molecular weight is 456 g/mol. The van der Waals surface area contributed by atoms with Crippen molar-refractivity contribution in [3.63, 3.8) is 0 Å². The van der Waals surface area contributed by atoms with Crippen molar-refractivity contribution in [2.45, 2.75) is 31.6 Å². The van der Waals surface area contributed by atoms with Crippen LogP contribution in [0, 0.1) is 19.8 Å². The van der Waals surface area contributed by atoms with Gasteiger partial charge < -0.3 is 4.42 Å². The fourth-order valence-corrected chi connectivity index (χ4v) is 5.36. The summed E-state index contributed by atoms with van der Waals surface area (Å²) < 4.78 is 32.6. The van der Waals surface area contributed by atoms with E-state index in [9.17, 15) is 18.0 Å². The second-order valence-electron chi connectivity index (χ2n) is 7.99. The van der Waals surface area contributed by atoms with E-state index in [1.54, 1.807) is 37.3 Å². The summed E-state index contributed by atoms with van der Waals surface area (Å²) >= 11 is 0. The van der Waals surface area contributed by atoms with Gasteiger partial charge in [-0.1, -0.05) is 35.9 Å². The van der Waals surface area contributed by atoms with E-state index in [-0.39, 0.29) is 29.7 Å². The zero-order valence-corrected chi connectivity index (χ0v) is 18.7. The van der Waals surface area contributed by atoms with Gasteiger partial charge in [0.15, 0.2) is 5.76 Å². The predicted octanol–water partition coefficient (Wildman–Crippen LogP) is 2.91. The number of nitrogens with zero attached hydrogens (tertiary/aromatic N) is 1. The number of para-hydroxylation sites is 1. The summed E-state index contributed by atoms with van der Waals surface area (Å²) in [5.74, 6) is -1.13. The molecule has 0 saturated carbocycles. The number of fused-ring (bicyclic) bond motifs is 1. The Hall–Kier alpha value is -3.17. The van der Waals surface area contributed by atoms with Crippen LogP contribution in [0.25, 0.3) is 11.0 Å². The summed E-state index contributed by atoms with van der Waals surface area (Å²) in [7, 11) is -3.59. The predicted molar refractivity (Wildman–Crippen MR) is 119 cm³/mol. The van der Waals surface area contributed by atoms with Gasteiger partial charge >= 0.3 is 5.91 Å². The first-order valence-electron chi connectivity index (χ1n) is 10.4. The lowest BCUT2D eigenvalue weighted by molar-refractivity contribution is -0.126. The van der Waals surface area contributed by atoms with Crippen molar-refractivity contribution >= 4 is 32.8 Å². The maximum Gasteiger partial charge on any atom is 0.305 e. The van der Waals surface area contributed by atoms with Crippen LogP contribution in [0.4, 0.5) is 0 Å². The minimum Gasteiger partial charge on any atom is -0.451 e. The molecule has 2 heterocycles. The molecule has 0 aliphatic carbocycles. The van der Waals surface area contributed by atoms with Gasteiger partial charge in [-0.05, 0) is 44.9 Å². The molecule has 32 heavy (non-hydrogen) atoms. The maximum atomic E-state index is 12.8. The smallest absolute Gasteiger partial charge is 0.305 e. The fraction of sp³-hybridized carbons (Fsp3) is 0.304. The summed E-state index contributed by atoms with van der Waals surface area (Å²) in [4.78, 5) is 25.3. The van der Waals surface area contributed by atoms with Crippen LogP contribution in [0.5, 0.6) is 0 Å². The number of carbonyl (C=O) groups is 2. The number of piperidine rings is 1. The number of benzene rings is 2. The second kappa shape index (κ2) is 8.76. The summed E-state index contributed by atoms with van der Waals surface area (Å²) in [5.41, 5.74) is 7.14. The lowest BCUT2D eigenvalue weighted by Gasteiger charge is -2.30. The molecule has 0 spiro atoms. The second-order valence-corrected chi connectivity index (χ2v) is 9.93. The van der Waals surface area contributed by atoms with Gasteiger partial charge in [0.05, 0.1) is 4.90 Å². The van der Waals surface area contributed by atoms with Gasteiger partial charge in [-0.25, -0.2) is 8.42 Å². The summed E-state index contributed by atoms with van der Waals surface area (Å²) in [6.07, 6.45) is 0.743. The molecule has 1 aliphatic heterocycles. The Bertz CT molecular complexity index is 1260. The van der Waals surface area contributed by atoms with E-state index in [4.69, 9.17) is 4.42 Å². The molecular weight excluding hydrogens is 430 g/mol. The van der Waals surface area contributed by atoms with E-state index >= 15 is 0 Å². The van der Waals surface area contributed by atoms with E-state index in [0.29, 0.717) is 24.0 Å². The van der Waals surface area contributed by atoms with Crippen molar-refractivity contribution in [1.29, 1.82) is 0 Å². The SMILES string of the molecule is Cc1ccc(S(=O)(=O)N2CCC(C(=O)NNC(=O)c3oc4ccccc4c3C)CC2)cc1. The number of hydrogen-bond donors (Lipinski definition) is 2. The van der Waals surface area contributed by atoms with E-state index in [1.165, 1.54) is 4.31 Å². The van der Waals surface area contributed by atoms with Crippen LogP contribution in [-0.4, -0.2) is 37.6 Å². The van der Waals surface area contributed by atoms with Crippen molar-refractivity contribution in [1.82, 2.24) is 15.2 Å². The van der Waals surface area contributed by atoms with Gasteiger partial charge in [0.2, 0.25) is 15.9 Å². The molecule has 9 heteroatoms. The lowest BCUT2D eigenvalue weighted by atomic mass is 9.98. The van der Waals surface area contributed by atoms with Crippen molar-refractivity contribution in [2.75, 3.05) is 13.1 Å². The standard InChI is InChI=1S/C23H25N3O5S/c1-15-7-9-18(10-8-15)32(29,30)26-13-11-17(12-14-26)22(27)24-25-23(28)21-16(2)19-5-3-4-6-20(19)31-21/h3-10,17H,11-14H2,1-2H3,(H,24,27)(H,25,28). The molecule has 0 bridgehead atoms. The number of sulfonamides is 1. The van der Waals surface area contributed by atoms with Crippen LogP contribution in [0.1, 0.15) is 34.5 Å². The highest BCUT2D eigenvalue weighted by molar-refractivity contribution is 7.89. The highest BCUT2D eigenvalue weighted by Gasteiger charge is 2.32. The molecule has 1 aliphatic rings. The first kappa shape index (κ1) is 22.0. The van der Waals surface area contributed by atoms with E-state index in [1.807, 2.05) is 25.1 Å².